The average molecular weight is 845 g/mol. The largest absolute Gasteiger partial charge is 0.487 e. The first-order valence-electron chi connectivity index (χ1n) is 12.9. The van der Waals surface area contributed by atoms with E-state index >= 15 is 0 Å². The standard InChI is InChI=1S/C31H24Cl2I2N2O4S/c1-4-40-30(39)26-17(3)36-31-37(27(26)19-7-5-16(2)6-8-19)29(38)25(42-31)13-18-11-23(34)28(24(35)12-18)41-15-20-9-10-21(32)14-22(20)33/h5-14,27H,4,15H2,1-3H3/b25-13+/t27-/m0/s1. The summed E-state index contributed by atoms with van der Waals surface area (Å²) in [6, 6.07) is 16.4. The Hall–Kier alpha value is -2.19. The lowest BCUT2D eigenvalue weighted by molar-refractivity contribution is -0.139. The summed E-state index contributed by atoms with van der Waals surface area (Å²) >= 11 is 18.1. The molecule has 3 aromatic carbocycles. The normalized spacial score (nSPS) is 14.9. The zero-order valence-corrected chi connectivity index (χ0v) is 29.4. The van der Waals surface area contributed by atoms with Gasteiger partial charge in [0.15, 0.2) is 4.80 Å². The van der Waals surface area contributed by atoms with Crippen LogP contribution in [0.4, 0.5) is 0 Å². The summed E-state index contributed by atoms with van der Waals surface area (Å²) in [4.78, 5) is 32.2. The molecule has 4 aromatic rings. The summed E-state index contributed by atoms with van der Waals surface area (Å²) in [6.45, 7) is 6.06. The summed E-state index contributed by atoms with van der Waals surface area (Å²) in [7, 11) is 0. The highest BCUT2D eigenvalue weighted by Crippen LogP contribution is 2.32. The highest BCUT2D eigenvalue weighted by Gasteiger charge is 2.33. The maximum Gasteiger partial charge on any atom is 0.338 e. The van der Waals surface area contributed by atoms with E-state index in [1.807, 2.05) is 55.5 Å². The Balaban J connectivity index is 1.54. The van der Waals surface area contributed by atoms with Crippen LogP contribution in [0, 0.1) is 14.1 Å². The van der Waals surface area contributed by atoms with Crippen LogP contribution < -0.4 is 19.6 Å². The molecule has 0 radical (unpaired) electrons. The van der Waals surface area contributed by atoms with E-state index in [0.29, 0.717) is 37.3 Å². The van der Waals surface area contributed by atoms with Crippen molar-refractivity contribution >= 4 is 91.8 Å². The molecular weight excluding hydrogens is 821 g/mol. The number of hydrogen-bond donors (Lipinski definition) is 0. The van der Waals surface area contributed by atoms with Gasteiger partial charge in [0.1, 0.15) is 12.4 Å². The summed E-state index contributed by atoms with van der Waals surface area (Å²) in [5, 5.41) is 1.12. The highest BCUT2D eigenvalue weighted by atomic mass is 127. The molecule has 1 aromatic heterocycles. The molecule has 0 N–H and O–H groups in total. The fourth-order valence-electron chi connectivity index (χ4n) is 4.60. The van der Waals surface area contributed by atoms with E-state index in [1.165, 1.54) is 11.3 Å². The van der Waals surface area contributed by atoms with E-state index in [1.54, 1.807) is 30.5 Å². The number of allylic oxidation sites excluding steroid dienone is 1. The Labute approximate surface area is 284 Å². The van der Waals surface area contributed by atoms with Crippen LogP contribution in [-0.4, -0.2) is 17.1 Å². The first-order valence-corrected chi connectivity index (χ1v) is 16.6. The maximum absolute atomic E-state index is 13.9. The molecule has 0 spiro atoms. The molecule has 0 saturated heterocycles. The number of thiazole rings is 1. The van der Waals surface area contributed by atoms with Gasteiger partial charge in [-0.15, -0.1) is 0 Å². The second-order valence-electron chi connectivity index (χ2n) is 9.55. The Morgan fingerprint density at radius 2 is 1.76 bits per heavy atom. The van der Waals surface area contributed by atoms with E-state index < -0.39 is 12.0 Å². The molecule has 11 heteroatoms. The van der Waals surface area contributed by atoms with Gasteiger partial charge in [-0.2, -0.15) is 0 Å². The summed E-state index contributed by atoms with van der Waals surface area (Å²) in [5.41, 5.74) is 4.26. The minimum absolute atomic E-state index is 0.221. The molecule has 216 valence electrons. The number of benzene rings is 3. The predicted molar refractivity (Wildman–Crippen MR) is 184 cm³/mol. The average Bonchev–Trinajstić information content (AvgIpc) is 3.23. The predicted octanol–water partition coefficient (Wildman–Crippen LogP) is 7.20. The van der Waals surface area contributed by atoms with Gasteiger partial charge in [-0.05, 0) is 107 Å². The van der Waals surface area contributed by atoms with Gasteiger partial charge < -0.3 is 9.47 Å². The summed E-state index contributed by atoms with van der Waals surface area (Å²) in [5.74, 6) is 0.257. The van der Waals surface area contributed by atoms with Gasteiger partial charge in [-0.3, -0.25) is 9.36 Å². The molecule has 1 aliphatic heterocycles. The first kappa shape index (κ1) is 31.2. The quantitative estimate of drug-likeness (QED) is 0.146. The van der Waals surface area contributed by atoms with Gasteiger partial charge in [-0.25, -0.2) is 9.79 Å². The van der Waals surface area contributed by atoms with E-state index in [4.69, 9.17) is 32.7 Å². The minimum Gasteiger partial charge on any atom is -0.487 e. The van der Waals surface area contributed by atoms with Gasteiger partial charge in [0, 0.05) is 15.6 Å². The maximum atomic E-state index is 13.9. The van der Waals surface area contributed by atoms with Crippen LogP contribution in [-0.2, 0) is 16.1 Å². The number of ether oxygens (including phenoxy) is 2. The van der Waals surface area contributed by atoms with Crippen LogP contribution in [0.1, 0.15) is 42.1 Å². The lowest BCUT2D eigenvalue weighted by Gasteiger charge is -2.24. The molecule has 0 saturated carbocycles. The zero-order valence-electron chi connectivity index (χ0n) is 22.7. The van der Waals surface area contributed by atoms with Crippen LogP contribution in [0.3, 0.4) is 0 Å². The SMILES string of the molecule is CCOC(=O)C1=C(C)N=c2s/c(=C/c3cc(I)c(OCc4ccc(Cl)cc4Cl)c(I)c3)c(=O)n2[C@H]1c1ccc(C)cc1. The zero-order chi connectivity index (χ0) is 30.1. The Bertz CT molecular complexity index is 1890. The minimum atomic E-state index is -0.640. The Morgan fingerprint density at radius 3 is 2.40 bits per heavy atom. The van der Waals surface area contributed by atoms with Crippen molar-refractivity contribution in [2.75, 3.05) is 6.61 Å². The second-order valence-corrected chi connectivity index (χ2v) is 13.7. The smallest absolute Gasteiger partial charge is 0.338 e. The monoisotopic (exact) mass is 844 g/mol. The van der Waals surface area contributed by atoms with E-state index in [9.17, 15) is 9.59 Å². The van der Waals surface area contributed by atoms with E-state index in [-0.39, 0.29) is 12.2 Å². The van der Waals surface area contributed by atoms with Crippen molar-refractivity contribution in [1.82, 2.24) is 4.57 Å². The van der Waals surface area contributed by atoms with Crippen molar-refractivity contribution in [1.29, 1.82) is 0 Å². The Kier molecular flexibility index (Phi) is 9.83. The number of rotatable bonds is 7. The molecule has 5 rings (SSSR count). The first-order chi connectivity index (χ1) is 20.1. The molecule has 6 nitrogen and oxygen atoms in total. The fourth-order valence-corrected chi connectivity index (χ4v) is 8.23. The van der Waals surface area contributed by atoms with Crippen LogP contribution in [0.15, 0.2) is 75.7 Å². The lowest BCUT2D eigenvalue weighted by atomic mass is 9.95. The molecule has 2 heterocycles. The number of carbonyl (C=O) groups excluding carboxylic acids is 1. The second kappa shape index (κ2) is 13.2. The third-order valence-electron chi connectivity index (χ3n) is 6.62. The molecule has 1 atom stereocenters. The van der Waals surface area contributed by atoms with E-state index in [2.05, 4.69) is 50.2 Å². The van der Waals surface area contributed by atoms with Crippen LogP contribution in [0.25, 0.3) is 6.08 Å². The Morgan fingerprint density at radius 1 is 1.07 bits per heavy atom. The molecule has 1 aliphatic rings. The number of halogens is 4. The van der Waals surface area contributed by atoms with Gasteiger partial charge in [0.05, 0.1) is 35.6 Å². The number of carbonyl (C=O) groups is 1. The van der Waals surface area contributed by atoms with Crippen molar-refractivity contribution < 1.29 is 14.3 Å². The summed E-state index contributed by atoms with van der Waals surface area (Å²) < 4.78 is 15.4. The molecule has 0 aliphatic carbocycles. The van der Waals surface area contributed by atoms with Crippen molar-refractivity contribution in [2.24, 2.45) is 4.99 Å². The number of hydrogen-bond acceptors (Lipinski definition) is 6. The topological polar surface area (TPSA) is 69.9 Å². The molecule has 0 amide bonds. The van der Waals surface area contributed by atoms with Gasteiger partial charge in [-0.1, -0.05) is 70.4 Å². The third kappa shape index (κ3) is 6.50. The third-order valence-corrected chi connectivity index (χ3v) is 9.79. The van der Waals surface area contributed by atoms with Gasteiger partial charge >= 0.3 is 5.97 Å². The van der Waals surface area contributed by atoms with Crippen LogP contribution in [0.2, 0.25) is 10.0 Å². The summed E-state index contributed by atoms with van der Waals surface area (Å²) in [6.07, 6.45) is 1.85. The lowest BCUT2D eigenvalue weighted by Crippen LogP contribution is -2.39. The molecule has 0 unspecified atom stereocenters. The van der Waals surface area contributed by atoms with Crippen LogP contribution in [0.5, 0.6) is 5.75 Å². The molecule has 42 heavy (non-hydrogen) atoms. The van der Waals surface area contributed by atoms with Crippen molar-refractivity contribution in [3.05, 3.63) is 125 Å². The molecule has 0 bridgehead atoms. The number of aryl methyl sites for hydroxylation is 1. The number of nitrogens with zero attached hydrogens (tertiary/aromatic N) is 2. The number of esters is 1. The van der Waals surface area contributed by atoms with Crippen molar-refractivity contribution in [3.63, 3.8) is 0 Å². The van der Waals surface area contributed by atoms with E-state index in [0.717, 1.165) is 35.1 Å². The van der Waals surface area contributed by atoms with Crippen molar-refractivity contribution in [3.8, 4) is 5.75 Å². The molecular formula is C31H24Cl2I2N2O4S. The van der Waals surface area contributed by atoms with Gasteiger partial charge in [0.2, 0.25) is 0 Å². The number of aromatic nitrogens is 1. The van der Waals surface area contributed by atoms with Gasteiger partial charge in [0.25, 0.3) is 5.56 Å². The number of fused-ring (bicyclic) bond motifs is 1. The highest BCUT2D eigenvalue weighted by molar-refractivity contribution is 14.1. The fraction of sp³-hybridized carbons (Fsp3) is 0.194. The van der Waals surface area contributed by atoms with Crippen LogP contribution >= 0.6 is 79.7 Å². The molecule has 0 fully saturated rings. The van der Waals surface area contributed by atoms with Crippen molar-refractivity contribution in [2.45, 2.75) is 33.4 Å².